The average molecular weight is 567 g/mol. The van der Waals surface area contributed by atoms with Gasteiger partial charge in [-0.2, -0.15) is 0 Å². The minimum absolute atomic E-state index is 0.0152. The molecule has 0 radical (unpaired) electrons. The molecule has 208 valence electrons. The zero-order valence-corrected chi connectivity index (χ0v) is 23.5. The third-order valence-corrected chi connectivity index (χ3v) is 8.46. The Morgan fingerprint density at radius 3 is 2.68 bits per heavy atom. The zero-order valence-electron chi connectivity index (χ0n) is 22.6. The van der Waals surface area contributed by atoms with E-state index in [1.807, 2.05) is 54.0 Å². The van der Waals surface area contributed by atoms with Crippen molar-refractivity contribution in [1.82, 2.24) is 30.2 Å². The van der Waals surface area contributed by atoms with Crippen molar-refractivity contribution in [2.45, 2.75) is 44.7 Å². The molecule has 1 aliphatic carbocycles. The number of ether oxygens (including phenoxy) is 1. The van der Waals surface area contributed by atoms with Crippen LogP contribution in [-0.2, 0) is 4.79 Å². The highest BCUT2D eigenvalue weighted by Crippen LogP contribution is 2.34. The minimum atomic E-state index is -0.189. The first-order chi connectivity index (χ1) is 19.9. The molecule has 1 aromatic carbocycles. The van der Waals surface area contributed by atoms with Gasteiger partial charge in [-0.1, -0.05) is 31.4 Å². The quantitative estimate of drug-likeness (QED) is 0.237. The van der Waals surface area contributed by atoms with Crippen LogP contribution >= 0.6 is 11.3 Å². The largest absolute Gasteiger partial charge is 0.439 e. The number of carbonyl (C=O) groups is 2. The normalized spacial score (nSPS) is 16.9. The summed E-state index contributed by atoms with van der Waals surface area (Å²) in [6.45, 7) is 9.82. The van der Waals surface area contributed by atoms with Crippen molar-refractivity contribution in [2.75, 3.05) is 0 Å². The van der Waals surface area contributed by atoms with E-state index in [4.69, 9.17) is 4.74 Å². The van der Waals surface area contributed by atoms with Gasteiger partial charge in [0.25, 0.3) is 5.91 Å². The maximum absolute atomic E-state index is 13.5. The summed E-state index contributed by atoms with van der Waals surface area (Å²) >= 11 is 1.35. The average Bonchev–Trinajstić information content (AvgIpc) is 3.34. The van der Waals surface area contributed by atoms with E-state index in [0.717, 1.165) is 46.2 Å². The second-order valence-electron chi connectivity index (χ2n) is 10.2. The number of H-pyrrole nitrogens is 1. The Balaban J connectivity index is 1.32. The van der Waals surface area contributed by atoms with Crippen LogP contribution in [0.4, 0.5) is 0 Å². The summed E-state index contributed by atoms with van der Waals surface area (Å²) in [5.41, 5.74) is 3.97. The molecule has 9 nitrogen and oxygen atoms in total. The van der Waals surface area contributed by atoms with Gasteiger partial charge in [0.1, 0.15) is 20.9 Å². The highest BCUT2D eigenvalue weighted by molar-refractivity contribution is 7.21. The fraction of sp³-hybridized carbons (Fsp3) is 0.226. The van der Waals surface area contributed by atoms with Crippen LogP contribution in [0.1, 0.15) is 40.9 Å². The van der Waals surface area contributed by atoms with Crippen LogP contribution < -0.4 is 20.9 Å². The van der Waals surface area contributed by atoms with Gasteiger partial charge < -0.3 is 20.4 Å². The number of aryl methyl sites for hydroxylation is 1. The molecule has 0 bridgehead atoms. The number of pyridine rings is 2. The van der Waals surface area contributed by atoms with Crippen molar-refractivity contribution in [3.05, 3.63) is 83.4 Å². The molecule has 4 aromatic heterocycles. The molecule has 0 spiro atoms. The molecule has 1 aliphatic rings. The summed E-state index contributed by atoms with van der Waals surface area (Å²) in [7, 11) is 0. The number of nitrogens with zero attached hydrogens (tertiary/aromatic N) is 3. The Morgan fingerprint density at radius 2 is 1.93 bits per heavy atom. The lowest BCUT2D eigenvalue weighted by molar-refractivity contribution is -0.117. The number of thiophene rings is 1. The summed E-state index contributed by atoms with van der Waals surface area (Å²) in [5, 5.41) is 7.01. The monoisotopic (exact) mass is 566 g/mol. The Labute approximate surface area is 240 Å². The van der Waals surface area contributed by atoms with Gasteiger partial charge in [0, 0.05) is 24.3 Å². The molecule has 4 heterocycles. The number of aromatic amines is 1. The molecule has 0 saturated heterocycles. The number of amides is 2. The molecule has 1 fully saturated rings. The van der Waals surface area contributed by atoms with Crippen LogP contribution in [0.25, 0.3) is 33.5 Å². The van der Waals surface area contributed by atoms with Gasteiger partial charge in [0.05, 0.1) is 28.3 Å². The van der Waals surface area contributed by atoms with E-state index in [9.17, 15) is 9.59 Å². The lowest BCUT2D eigenvalue weighted by Crippen LogP contribution is -2.45. The van der Waals surface area contributed by atoms with E-state index in [1.165, 1.54) is 17.4 Å². The summed E-state index contributed by atoms with van der Waals surface area (Å²) < 4.78 is 7.91. The summed E-state index contributed by atoms with van der Waals surface area (Å²) in [6.07, 6.45) is 8.14. The van der Waals surface area contributed by atoms with Crippen LogP contribution in [-0.4, -0.2) is 43.4 Å². The van der Waals surface area contributed by atoms with Crippen LogP contribution in [0.2, 0.25) is 0 Å². The van der Waals surface area contributed by atoms with Crippen molar-refractivity contribution < 1.29 is 14.3 Å². The van der Waals surface area contributed by atoms with E-state index in [-0.39, 0.29) is 23.9 Å². The SMILES string of the molecule is C=CC(=O)NC1CCC[C@@H](NC(=O)c2sc3nccc4c3c2[nH]c(=C)n4-c2cnc(Oc3ccccc3)cc2C)C1. The number of carbonyl (C=O) groups excluding carboxylic acids is 2. The fourth-order valence-corrected chi connectivity index (χ4v) is 6.50. The van der Waals surface area contributed by atoms with Gasteiger partial charge in [-0.05, 0) is 62.4 Å². The Bertz CT molecular complexity index is 1840. The Kier molecular flexibility index (Phi) is 7.15. The van der Waals surface area contributed by atoms with E-state index in [2.05, 4.69) is 38.7 Å². The van der Waals surface area contributed by atoms with E-state index >= 15 is 0 Å². The lowest BCUT2D eigenvalue weighted by Gasteiger charge is -2.30. The maximum Gasteiger partial charge on any atom is 0.263 e. The first kappa shape index (κ1) is 26.5. The van der Waals surface area contributed by atoms with Crippen LogP contribution in [0.5, 0.6) is 11.6 Å². The number of hydrogen-bond acceptors (Lipinski definition) is 6. The van der Waals surface area contributed by atoms with Crippen molar-refractivity contribution in [3.8, 4) is 17.3 Å². The molecule has 6 rings (SSSR count). The highest BCUT2D eigenvalue weighted by Gasteiger charge is 2.27. The number of benzene rings is 1. The highest BCUT2D eigenvalue weighted by atomic mass is 32.1. The van der Waals surface area contributed by atoms with Gasteiger partial charge in [-0.15, -0.1) is 11.3 Å². The molecule has 3 N–H and O–H groups in total. The lowest BCUT2D eigenvalue weighted by atomic mass is 9.91. The van der Waals surface area contributed by atoms with Gasteiger partial charge in [0.15, 0.2) is 0 Å². The summed E-state index contributed by atoms with van der Waals surface area (Å²) in [6, 6.07) is 13.3. The second-order valence-corrected chi connectivity index (χ2v) is 11.2. The van der Waals surface area contributed by atoms with Crippen molar-refractivity contribution in [2.24, 2.45) is 0 Å². The predicted molar refractivity (Wildman–Crippen MR) is 161 cm³/mol. The van der Waals surface area contributed by atoms with Gasteiger partial charge >= 0.3 is 0 Å². The van der Waals surface area contributed by atoms with Gasteiger partial charge in [-0.25, -0.2) is 9.97 Å². The number of hydrogen-bond donors (Lipinski definition) is 3. The van der Waals surface area contributed by atoms with Gasteiger partial charge in [0.2, 0.25) is 11.8 Å². The number of aromatic nitrogens is 4. The molecule has 41 heavy (non-hydrogen) atoms. The standard InChI is InChI=1S/C31H30N6O3S/c1-4-25(38)35-20-9-8-10-21(16-20)36-30(39)29-28-27-23(13-14-32-31(27)41-29)37(19(3)34-28)24-17-33-26(15-18(24)2)40-22-11-6-5-7-12-22/h4-7,11-15,17,20-21,34H,1,3,8-10,16H2,2H3,(H,35,38)(H,36,39)/t20?,21-/m1/s1. The van der Waals surface area contributed by atoms with Crippen molar-refractivity contribution in [3.63, 3.8) is 0 Å². The van der Waals surface area contributed by atoms with Crippen molar-refractivity contribution in [1.29, 1.82) is 0 Å². The smallest absolute Gasteiger partial charge is 0.263 e. The van der Waals surface area contributed by atoms with Crippen LogP contribution in [0.3, 0.4) is 0 Å². The Hall–Kier alpha value is -4.70. The third-order valence-electron chi connectivity index (χ3n) is 7.36. The number of rotatable bonds is 7. The maximum atomic E-state index is 13.5. The molecular formula is C31H30N6O3S. The first-order valence-corrected chi connectivity index (χ1v) is 14.3. The molecule has 0 aliphatic heterocycles. The van der Waals surface area contributed by atoms with Crippen LogP contribution in [0, 0.1) is 6.92 Å². The number of para-hydroxylation sites is 1. The molecule has 10 heteroatoms. The molecule has 2 amide bonds. The third kappa shape index (κ3) is 5.26. The van der Waals surface area contributed by atoms with Crippen molar-refractivity contribution >= 4 is 51.0 Å². The molecule has 1 saturated carbocycles. The zero-order chi connectivity index (χ0) is 28.5. The first-order valence-electron chi connectivity index (χ1n) is 13.5. The van der Waals surface area contributed by atoms with E-state index < -0.39 is 0 Å². The summed E-state index contributed by atoms with van der Waals surface area (Å²) in [4.78, 5) is 39.1. The van der Waals surface area contributed by atoms with E-state index in [0.29, 0.717) is 33.9 Å². The Morgan fingerprint density at radius 1 is 1.15 bits per heavy atom. The van der Waals surface area contributed by atoms with E-state index in [1.54, 1.807) is 12.4 Å². The molecule has 1 unspecified atom stereocenters. The topological polar surface area (TPSA) is 114 Å². The molecular weight excluding hydrogens is 536 g/mol. The molecule has 5 aromatic rings. The summed E-state index contributed by atoms with van der Waals surface area (Å²) in [5.74, 6) is 0.859. The predicted octanol–water partition coefficient (Wildman–Crippen LogP) is 5.10. The number of nitrogens with one attached hydrogen (secondary N) is 3. The second kappa shape index (κ2) is 11.1. The van der Waals surface area contributed by atoms with Crippen LogP contribution in [0.15, 0.2) is 67.5 Å². The fourth-order valence-electron chi connectivity index (χ4n) is 5.48. The minimum Gasteiger partial charge on any atom is -0.439 e. The molecule has 2 atom stereocenters. The van der Waals surface area contributed by atoms with Gasteiger partial charge in [-0.3, -0.25) is 14.2 Å².